The maximum atomic E-state index is 13.8. The van der Waals surface area contributed by atoms with Crippen molar-refractivity contribution < 1.29 is 22.7 Å². The topological polar surface area (TPSA) is 102 Å². The minimum atomic E-state index is -4.80. The first kappa shape index (κ1) is 33.1. The minimum absolute atomic E-state index is 0.0513. The number of rotatable bonds is 11. The first-order valence-electron chi connectivity index (χ1n) is 14.6. The number of pyridine rings is 1. The van der Waals surface area contributed by atoms with Crippen LogP contribution in [-0.2, 0) is 12.7 Å². The van der Waals surface area contributed by atoms with Gasteiger partial charge < -0.3 is 30.6 Å². The molecule has 238 valence electrons. The number of hydrogen-bond acceptors (Lipinski definition) is 5. The van der Waals surface area contributed by atoms with E-state index in [2.05, 4.69) is 15.5 Å². The number of carbonyl (C=O) groups excluding carboxylic acids is 1. The molecule has 0 radical (unpaired) electrons. The Morgan fingerprint density at radius 3 is 2.18 bits per heavy atom. The quantitative estimate of drug-likeness (QED) is 0.156. The van der Waals surface area contributed by atoms with Gasteiger partial charge in [0.1, 0.15) is 17.2 Å². The number of nitrogens with one attached hydrogen (secondary N) is 2. The summed E-state index contributed by atoms with van der Waals surface area (Å²) < 4.78 is 48.7. The Labute approximate surface area is 260 Å². The lowest BCUT2D eigenvalue weighted by Crippen LogP contribution is -2.29. The molecule has 1 heterocycles. The van der Waals surface area contributed by atoms with Crippen molar-refractivity contribution in [2.45, 2.75) is 39.4 Å². The molecule has 0 fully saturated rings. The Kier molecular flexibility index (Phi) is 10.6. The maximum Gasteiger partial charge on any atom is 0.418 e. The number of aryl methyl sites for hydroxylation is 2. The highest BCUT2D eigenvalue weighted by Gasteiger charge is 2.35. The van der Waals surface area contributed by atoms with Crippen molar-refractivity contribution in [1.29, 1.82) is 0 Å². The van der Waals surface area contributed by atoms with Gasteiger partial charge in [-0.1, -0.05) is 23.8 Å². The van der Waals surface area contributed by atoms with Gasteiger partial charge in [-0.2, -0.15) is 13.2 Å². The molecule has 0 saturated carbocycles. The third-order valence-electron chi connectivity index (χ3n) is 7.29. The summed E-state index contributed by atoms with van der Waals surface area (Å²) in [5.74, 6) is 0.931. The van der Waals surface area contributed by atoms with E-state index in [4.69, 9.17) is 10.5 Å². The third kappa shape index (κ3) is 8.89. The predicted molar refractivity (Wildman–Crippen MR) is 172 cm³/mol. The normalized spacial score (nSPS) is 11.5. The van der Waals surface area contributed by atoms with Crippen LogP contribution in [-0.4, -0.2) is 42.7 Å². The van der Waals surface area contributed by atoms with E-state index >= 15 is 0 Å². The highest BCUT2D eigenvalue weighted by molar-refractivity contribution is 5.89. The Balaban J connectivity index is 1.50. The Morgan fingerprint density at radius 1 is 0.933 bits per heavy atom. The molecule has 0 unspecified atom stereocenters. The summed E-state index contributed by atoms with van der Waals surface area (Å²) in [5.41, 5.74) is 6.59. The van der Waals surface area contributed by atoms with E-state index in [0.717, 1.165) is 42.1 Å². The number of nitrogens with two attached hydrogens (primary N) is 1. The molecule has 11 heteroatoms. The summed E-state index contributed by atoms with van der Waals surface area (Å²) in [5, 5.41) is 5.61. The molecule has 3 aromatic carbocycles. The van der Waals surface area contributed by atoms with Crippen LogP contribution in [0, 0.1) is 13.8 Å². The smallest absolute Gasteiger partial charge is 0.418 e. The second-order valence-electron chi connectivity index (χ2n) is 11.2. The van der Waals surface area contributed by atoms with Crippen LogP contribution in [0.15, 0.2) is 77.6 Å². The van der Waals surface area contributed by atoms with Crippen LogP contribution in [0.3, 0.4) is 0 Å². The van der Waals surface area contributed by atoms with Gasteiger partial charge in [-0.05, 0) is 119 Å². The number of nitrogen functional groups attached to an aromatic ring is 1. The molecular weight excluding hydrogens is 583 g/mol. The molecule has 0 aliphatic carbocycles. The molecule has 0 saturated heterocycles. The van der Waals surface area contributed by atoms with Gasteiger partial charge in [0.2, 0.25) is 0 Å². The van der Waals surface area contributed by atoms with Gasteiger partial charge in [-0.3, -0.25) is 4.79 Å². The molecule has 8 nitrogen and oxygen atoms in total. The van der Waals surface area contributed by atoms with Crippen LogP contribution in [0.1, 0.15) is 35.1 Å². The number of ether oxygens (including phenoxy) is 1. The van der Waals surface area contributed by atoms with E-state index in [1.807, 2.05) is 46.1 Å². The van der Waals surface area contributed by atoms with Crippen molar-refractivity contribution >= 4 is 17.4 Å². The fourth-order valence-corrected chi connectivity index (χ4v) is 4.85. The Hall–Kier alpha value is -4.77. The average molecular weight is 622 g/mol. The van der Waals surface area contributed by atoms with Crippen molar-refractivity contribution in [2.75, 3.05) is 38.2 Å². The molecule has 4 rings (SSSR count). The number of urea groups is 1. The van der Waals surface area contributed by atoms with Crippen molar-refractivity contribution in [3.63, 3.8) is 0 Å². The SMILES string of the molecule is Cc1ccc(Cn2c(-c3ccc(Oc4ccc(NC(=O)NCCCCN(C)C)cc4)cc3)cc(C(F)(F)F)c(N)c2=O)c(C)c1. The number of alkyl halides is 3. The van der Waals surface area contributed by atoms with Crippen molar-refractivity contribution in [3.8, 4) is 22.8 Å². The number of amides is 2. The monoisotopic (exact) mass is 621 g/mol. The fraction of sp³-hybridized carbons (Fsp3) is 0.294. The number of halogens is 3. The second-order valence-corrected chi connectivity index (χ2v) is 11.2. The number of benzene rings is 3. The van der Waals surface area contributed by atoms with E-state index in [0.29, 0.717) is 29.3 Å². The molecule has 0 aliphatic heterocycles. The number of anilines is 2. The van der Waals surface area contributed by atoms with E-state index in [9.17, 15) is 22.8 Å². The zero-order valence-electron chi connectivity index (χ0n) is 25.8. The zero-order valence-corrected chi connectivity index (χ0v) is 25.8. The van der Waals surface area contributed by atoms with Crippen LogP contribution in [0.4, 0.5) is 29.3 Å². The summed E-state index contributed by atoms with van der Waals surface area (Å²) in [6, 6.07) is 19.5. The predicted octanol–water partition coefficient (Wildman–Crippen LogP) is 7.04. The average Bonchev–Trinajstić information content (AvgIpc) is 2.97. The fourth-order valence-electron chi connectivity index (χ4n) is 4.85. The highest BCUT2D eigenvalue weighted by atomic mass is 19.4. The summed E-state index contributed by atoms with van der Waals surface area (Å²) in [4.78, 5) is 27.4. The zero-order chi connectivity index (χ0) is 32.7. The maximum absolute atomic E-state index is 13.8. The molecule has 0 bridgehead atoms. The first-order chi connectivity index (χ1) is 21.3. The van der Waals surface area contributed by atoms with Crippen molar-refractivity contribution in [2.24, 2.45) is 0 Å². The minimum Gasteiger partial charge on any atom is -0.457 e. The highest BCUT2D eigenvalue weighted by Crippen LogP contribution is 2.35. The second kappa shape index (κ2) is 14.3. The number of nitrogens with zero attached hydrogens (tertiary/aromatic N) is 2. The van der Waals surface area contributed by atoms with Crippen molar-refractivity contribution in [3.05, 3.63) is 105 Å². The summed E-state index contributed by atoms with van der Waals surface area (Å²) in [6.45, 7) is 5.41. The molecule has 2 amide bonds. The molecule has 0 atom stereocenters. The van der Waals surface area contributed by atoms with Gasteiger partial charge >= 0.3 is 12.2 Å². The molecule has 1 aromatic heterocycles. The first-order valence-corrected chi connectivity index (χ1v) is 14.6. The van der Waals surface area contributed by atoms with E-state index in [-0.39, 0.29) is 18.3 Å². The molecule has 0 aliphatic rings. The lowest BCUT2D eigenvalue weighted by Gasteiger charge is -2.19. The molecular formula is C34H38F3N5O3. The van der Waals surface area contributed by atoms with E-state index < -0.39 is 23.0 Å². The molecule has 45 heavy (non-hydrogen) atoms. The molecule has 4 N–H and O–H groups in total. The van der Waals surface area contributed by atoms with Crippen molar-refractivity contribution in [1.82, 2.24) is 14.8 Å². The van der Waals surface area contributed by atoms with Gasteiger partial charge in [0.15, 0.2) is 0 Å². The lowest BCUT2D eigenvalue weighted by molar-refractivity contribution is -0.137. The third-order valence-corrected chi connectivity index (χ3v) is 7.29. The number of carbonyl (C=O) groups is 1. The number of unbranched alkanes of at least 4 members (excludes halogenated alkanes) is 1. The van der Waals surface area contributed by atoms with Gasteiger partial charge in [0, 0.05) is 12.2 Å². The number of aromatic nitrogens is 1. The van der Waals surface area contributed by atoms with E-state index in [1.54, 1.807) is 48.5 Å². The van der Waals surface area contributed by atoms with Crippen LogP contribution < -0.4 is 26.7 Å². The Bertz CT molecular complexity index is 1680. The van der Waals surface area contributed by atoms with Gasteiger partial charge in [0.05, 0.1) is 17.8 Å². The Morgan fingerprint density at radius 2 is 1.58 bits per heavy atom. The van der Waals surface area contributed by atoms with Gasteiger partial charge in [0.25, 0.3) is 5.56 Å². The van der Waals surface area contributed by atoms with Gasteiger partial charge in [-0.25, -0.2) is 4.79 Å². The van der Waals surface area contributed by atoms with Crippen LogP contribution >= 0.6 is 0 Å². The van der Waals surface area contributed by atoms with Gasteiger partial charge in [-0.15, -0.1) is 0 Å². The van der Waals surface area contributed by atoms with Crippen LogP contribution in [0.2, 0.25) is 0 Å². The summed E-state index contributed by atoms with van der Waals surface area (Å²) in [6.07, 6.45) is -2.93. The summed E-state index contributed by atoms with van der Waals surface area (Å²) in [7, 11) is 4.01. The standard InChI is InChI=1S/C34H38F3N5O3/c1-22-7-8-25(23(2)19-22)21-42-30(20-29(34(35,36)37)31(38)32(42)43)24-9-13-27(14-10-24)45-28-15-11-26(12-16-28)40-33(44)39-17-5-6-18-41(3)4/h7-16,19-20H,5-6,17-18,21,38H2,1-4H3,(H2,39,40,44). The van der Waals surface area contributed by atoms with Crippen LogP contribution in [0.25, 0.3) is 11.3 Å². The lowest BCUT2D eigenvalue weighted by atomic mass is 10.0. The molecule has 0 spiro atoms. The van der Waals surface area contributed by atoms with Crippen LogP contribution in [0.5, 0.6) is 11.5 Å². The molecule has 4 aromatic rings. The largest absolute Gasteiger partial charge is 0.457 e. The van der Waals surface area contributed by atoms with E-state index in [1.165, 1.54) is 4.57 Å². The number of hydrogen-bond donors (Lipinski definition) is 3. The summed E-state index contributed by atoms with van der Waals surface area (Å²) >= 11 is 0.